The van der Waals surface area contributed by atoms with Crippen LogP contribution >= 0.6 is 0 Å². The van der Waals surface area contributed by atoms with E-state index in [0.717, 1.165) is 5.56 Å². The molecule has 12 heavy (non-hydrogen) atoms. The quantitative estimate of drug-likeness (QED) is 0.691. The summed E-state index contributed by atoms with van der Waals surface area (Å²) in [5, 5.41) is 0. The SMILES string of the molecule is CCOCc1cnc(C)c(F)c1. The van der Waals surface area contributed by atoms with Gasteiger partial charge < -0.3 is 4.74 Å². The van der Waals surface area contributed by atoms with Crippen LogP contribution in [0, 0.1) is 12.7 Å². The van der Waals surface area contributed by atoms with Gasteiger partial charge in [-0.1, -0.05) is 0 Å². The molecule has 0 aliphatic rings. The molecule has 0 aliphatic carbocycles. The van der Waals surface area contributed by atoms with Crippen molar-refractivity contribution in [1.29, 1.82) is 0 Å². The molecule has 0 N–H and O–H groups in total. The normalized spacial score (nSPS) is 10.2. The molecule has 2 nitrogen and oxygen atoms in total. The van der Waals surface area contributed by atoms with Crippen molar-refractivity contribution in [2.45, 2.75) is 20.5 Å². The fourth-order valence-corrected chi connectivity index (χ4v) is 0.845. The van der Waals surface area contributed by atoms with Gasteiger partial charge in [0, 0.05) is 12.8 Å². The van der Waals surface area contributed by atoms with Crippen molar-refractivity contribution in [3.8, 4) is 0 Å². The zero-order valence-corrected chi connectivity index (χ0v) is 7.30. The maximum Gasteiger partial charge on any atom is 0.144 e. The second-order valence-electron chi connectivity index (χ2n) is 2.55. The summed E-state index contributed by atoms with van der Waals surface area (Å²) in [6, 6.07) is 1.46. The Labute approximate surface area is 71.4 Å². The number of aryl methyl sites for hydroxylation is 1. The van der Waals surface area contributed by atoms with Crippen LogP contribution in [0.4, 0.5) is 4.39 Å². The van der Waals surface area contributed by atoms with Crippen LogP contribution in [0.1, 0.15) is 18.2 Å². The van der Waals surface area contributed by atoms with Gasteiger partial charge in [0.1, 0.15) is 5.82 Å². The zero-order chi connectivity index (χ0) is 8.97. The standard InChI is InChI=1S/C9H12FNO/c1-3-12-6-8-4-9(10)7(2)11-5-8/h4-5H,3,6H2,1-2H3. The third kappa shape index (κ3) is 2.27. The van der Waals surface area contributed by atoms with E-state index in [9.17, 15) is 4.39 Å². The average Bonchev–Trinajstić information content (AvgIpc) is 2.07. The minimum atomic E-state index is -0.271. The lowest BCUT2D eigenvalue weighted by molar-refractivity contribution is 0.133. The van der Waals surface area contributed by atoms with Gasteiger partial charge in [0.15, 0.2) is 0 Å². The molecule has 1 aromatic rings. The highest BCUT2D eigenvalue weighted by atomic mass is 19.1. The number of aromatic nitrogens is 1. The summed E-state index contributed by atoms with van der Waals surface area (Å²) in [7, 11) is 0. The van der Waals surface area contributed by atoms with E-state index in [-0.39, 0.29) is 5.82 Å². The molecular weight excluding hydrogens is 157 g/mol. The average molecular weight is 169 g/mol. The highest BCUT2D eigenvalue weighted by Crippen LogP contribution is 2.06. The highest BCUT2D eigenvalue weighted by Gasteiger charge is 1.99. The Bertz CT molecular complexity index is 263. The van der Waals surface area contributed by atoms with Gasteiger partial charge in [-0.2, -0.15) is 0 Å². The molecule has 0 aliphatic heterocycles. The van der Waals surface area contributed by atoms with Crippen molar-refractivity contribution in [2.75, 3.05) is 6.61 Å². The molecule has 0 saturated carbocycles. The van der Waals surface area contributed by atoms with Gasteiger partial charge in [0.25, 0.3) is 0 Å². The number of pyridine rings is 1. The van der Waals surface area contributed by atoms with Crippen molar-refractivity contribution < 1.29 is 9.13 Å². The molecule has 1 heterocycles. The summed E-state index contributed by atoms with van der Waals surface area (Å²) in [5.41, 5.74) is 1.20. The van der Waals surface area contributed by atoms with E-state index in [2.05, 4.69) is 4.98 Å². The predicted molar refractivity (Wildman–Crippen MR) is 44.3 cm³/mol. The van der Waals surface area contributed by atoms with Crippen LogP contribution in [0.5, 0.6) is 0 Å². The van der Waals surface area contributed by atoms with Crippen molar-refractivity contribution in [1.82, 2.24) is 4.98 Å². The second kappa shape index (κ2) is 4.16. The monoisotopic (exact) mass is 169 g/mol. The molecule has 0 spiro atoms. The Morgan fingerprint density at radius 1 is 1.58 bits per heavy atom. The van der Waals surface area contributed by atoms with Gasteiger partial charge in [-0.3, -0.25) is 4.98 Å². The lowest BCUT2D eigenvalue weighted by Crippen LogP contribution is -1.95. The molecule has 1 rings (SSSR count). The number of rotatable bonds is 3. The van der Waals surface area contributed by atoms with E-state index < -0.39 is 0 Å². The maximum atomic E-state index is 12.9. The largest absolute Gasteiger partial charge is 0.377 e. The zero-order valence-electron chi connectivity index (χ0n) is 7.30. The first-order valence-corrected chi connectivity index (χ1v) is 3.92. The molecule has 66 valence electrons. The van der Waals surface area contributed by atoms with E-state index in [1.54, 1.807) is 13.1 Å². The van der Waals surface area contributed by atoms with Crippen LogP contribution < -0.4 is 0 Å². The number of ether oxygens (including phenoxy) is 1. The Morgan fingerprint density at radius 2 is 2.33 bits per heavy atom. The number of nitrogens with zero attached hydrogens (tertiary/aromatic N) is 1. The topological polar surface area (TPSA) is 22.1 Å². The van der Waals surface area contributed by atoms with Crippen molar-refractivity contribution in [3.63, 3.8) is 0 Å². The van der Waals surface area contributed by atoms with Crippen LogP contribution in [0.2, 0.25) is 0 Å². The Balaban J connectivity index is 2.69. The van der Waals surface area contributed by atoms with Gasteiger partial charge in [0.05, 0.1) is 12.3 Å². The summed E-state index contributed by atoms with van der Waals surface area (Å²) >= 11 is 0. The van der Waals surface area contributed by atoms with E-state index in [1.165, 1.54) is 6.07 Å². The van der Waals surface area contributed by atoms with Gasteiger partial charge in [-0.25, -0.2) is 4.39 Å². The molecule has 0 bridgehead atoms. The van der Waals surface area contributed by atoms with E-state index in [0.29, 0.717) is 18.9 Å². The molecule has 0 amide bonds. The number of hydrogen-bond donors (Lipinski definition) is 0. The first kappa shape index (κ1) is 9.13. The first-order chi connectivity index (χ1) is 5.74. The third-order valence-electron chi connectivity index (χ3n) is 1.55. The Hall–Kier alpha value is -0.960. The number of halogens is 1. The molecule has 0 aromatic carbocycles. The van der Waals surface area contributed by atoms with E-state index >= 15 is 0 Å². The van der Waals surface area contributed by atoms with Gasteiger partial charge >= 0.3 is 0 Å². The molecule has 1 aromatic heterocycles. The van der Waals surface area contributed by atoms with Crippen LogP contribution in [0.3, 0.4) is 0 Å². The molecule has 0 saturated heterocycles. The second-order valence-corrected chi connectivity index (χ2v) is 2.55. The minimum Gasteiger partial charge on any atom is -0.377 e. The lowest BCUT2D eigenvalue weighted by Gasteiger charge is -2.01. The lowest BCUT2D eigenvalue weighted by atomic mass is 10.2. The van der Waals surface area contributed by atoms with E-state index in [4.69, 9.17) is 4.74 Å². The molecule has 0 unspecified atom stereocenters. The molecule has 0 fully saturated rings. The molecule has 3 heteroatoms. The Kier molecular flexibility index (Phi) is 3.17. The van der Waals surface area contributed by atoms with Crippen LogP contribution in [0.25, 0.3) is 0 Å². The first-order valence-electron chi connectivity index (χ1n) is 3.92. The maximum absolute atomic E-state index is 12.9. The fraction of sp³-hybridized carbons (Fsp3) is 0.444. The summed E-state index contributed by atoms with van der Waals surface area (Å²) in [5.74, 6) is -0.271. The number of hydrogen-bond acceptors (Lipinski definition) is 2. The van der Waals surface area contributed by atoms with Crippen LogP contribution in [0.15, 0.2) is 12.3 Å². The third-order valence-corrected chi connectivity index (χ3v) is 1.55. The van der Waals surface area contributed by atoms with Gasteiger partial charge in [-0.15, -0.1) is 0 Å². The molecule has 0 atom stereocenters. The van der Waals surface area contributed by atoms with Crippen LogP contribution in [-0.2, 0) is 11.3 Å². The van der Waals surface area contributed by atoms with Crippen molar-refractivity contribution in [2.24, 2.45) is 0 Å². The summed E-state index contributed by atoms with van der Waals surface area (Å²) in [6.07, 6.45) is 1.63. The summed E-state index contributed by atoms with van der Waals surface area (Å²) in [4.78, 5) is 3.88. The van der Waals surface area contributed by atoms with Gasteiger partial charge in [-0.05, 0) is 25.5 Å². The molecule has 0 radical (unpaired) electrons. The van der Waals surface area contributed by atoms with Crippen molar-refractivity contribution in [3.05, 3.63) is 29.3 Å². The van der Waals surface area contributed by atoms with E-state index in [1.807, 2.05) is 6.92 Å². The minimum absolute atomic E-state index is 0.271. The fourth-order valence-electron chi connectivity index (χ4n) is 0.845. The van der Waals surface area contributed by atoms with Gasteiger partial charge in [0.2, 0.25) is 0 Å². The highest BCUT2D eigenvalue weighted by molar-refractivity contribution is 5.14. The Morgan fingerprint density at radius 3 is 2.92 bits per heavy atom. The summed E-state index contributed by atoms with van der Waals surface area (Å²) in [6.45, 7) is 4.61. The van der Waals surface area contributed by atoms with Crippen LogP contribution in [-0.4, -0.2) is 11.6 Å². The smallest absolute Gasteiger partial charge is 0.144 e. The predicted octanol–water partition coefficient (Wildman–Crippen LogP) is 2.07. The molecular formula is C9H12FNO. The summed E-state index contributed by atoms with van der Waals surface area (Å²) < 4.78 is 18.0. The van der Waals surface area contributed by atoms with Crippen molar-refractivity contribution >= 4 is 0 Å².